The molecule has 0 aliphatic heterocycles. The van der Waals surface area contributed by atoms with Crippen molar-refractivity contribution in [1.82, 2.24) is 0 Å². The van der Waals surface area contributed by atoms with Crippen molar-refractivity contribution in [2.75, 3.05) is 0 Å². The smallest absolute Gasteiger partial charge is 0.0920 e. The zero-order chi connectivity index (χ0) is 7.11. The fourth-order valence-electron chi connectivity index (χ4n) is 1.23. The normalized spacial score (nSPS) is 13.2. The Bertz CT molecular complexity index is 46.5. The Kier molecular flexibility index (Phi) is 6.23. The van der Waals surface area contributed by atoms with Crippen LogP contribution in [0.2, 0.25) is 13.1 Å². The second-order valence-electron chi connectivity index (χ2n) is 2.71. The Morgan fingerprint density at radius 2 is 2.00 bits per heavy atom. The summed E-state index contributed by atoms with van der Waals surface area (Å²) in [6.07, 6.45) is 5.40. The van der Waals surface area contributed by atoms with E-state index in [1.165, 1.54) is 25.6 Å². The van der Waals surface area contributed by atoms with Crippen LogP contribution in [0, 0.1) is 5.92 Å². The molecule has 1 atom stereocenters. The van der Waals surface area contributed by atoms with Gasteiger partial charge in [0.25, 0.3) is 0 Å². The van der Waals surface area contributed by atoms with Crippen molar-refractivity contribution in [3.8, 4) is 0 Å². The quantitative estimate of drug-likeness (QED) is 0.495. The fourth-order valence-corrected chi connectivity index (χ4v) is 1.23. The minimum atomic E-state index is 0.958. The number of hydrogen-bond donors (Lipinski definition) is 0. The van der Waals surface area contributed by atoms with E-state index in [1.807, 2.05) is 0 Å². The lowest BCUT2D eigenvalue weighted by Gasteiger charge is -2.10. The van der Waals surface area contributed by atoms with E-state index in [2.05, 4.69) is 28.0 Å². The molecule has 0 aromatic carbocycles. The Labute approximate surface area is 60.3 Å². The first-order valence-electron chi connectivity index (χ1n) is 4.12. The summed E-state index contributed by atoms with van der Waals surface area (Å²) in [6, 6.07) is 0. The van der Waals surface area contributed by atoms with Crippen LogP contribution in [0.1, 0.15) is 33.1 Å². The summed E-state index contributed by atoms with van der Waals surface area (Å²) >= 11 is 0. The van der Waals surface area contributed by atoms with Gasteiger partial charge in [0.15, 0.2) is 0 Å². The highest BCUT2D eigenvalue weighted by Crippen LogP contribution is 2.14. The Morgan fingerprint density at radius 1 is 1.33 bits per heavy atom. The molecular weight excluding hydrogens is 107 g/mol. The van der Waals surface area contributed by atoms with Crippen molar-refractivity contribution in [1.29, 1.82) is 0 Å². The van der Waals surface area contributed by atoms with Gasteiger partial charge < -0.3 is 0 Å². The first kappa shape index (κ1) is 9.06. The molecule has 9 heavy (non-hydrogen) atoms. The Hall–Kier alpha value is 0.0649. The first-order valence-corrected chi connectivity index (χ1v) is 4.12. The lowest BCUT2D eigenvalue weighted by Crippen LogP contribution is -1.99. The van der Waals surface area contributed by atoms with Crippen LogP contribution in [0.15, 0.2) is 0 Å². The van der Waals surface area contributed by atoms with E-state index in [0.717, 1.165) is 5.92 Å². The van der Waals surface area contributed by atoms with Gasteiger partial charge in [-0.1, -0.05) is 46.3 Å². The van der Waals surface area contributed by atoms with Gasteiger partial charge in [0.05, 0.1) is 0 Å². The van der Waals surface area contributed by atoms with Gasteiger partial charge in [0.1, 0.15) is 7.28 Å². The minimum absolute atomic E-state index is 0.958. The Morgan fingerprint density at radius 3 is 2.33 bits per heavy atom. The van der Waals surface area contributed by atoms with E-state index in [1.54, 1.807) is 0 Å². The van der Waals surface area contributed by atoms with E-state index < -0.39 is 0 Å². The van der Waals surface area contributed by atoms with Crippen LogP contribution in [0.25, 0.3) is 0 Å². The van der Waals surface area contributed by atoms with Crippen LogP contribution in [0.4, 0.5) is 0 Å². The van der Waals surface area contributed by atoms with Gasteiger partial charge in [-0.2, -0.15) is 0 Å². The molecule has 0 spiro atoms. The highest BCUT2D eigenvalue weighted by molar-refractivity contribution is 6.33. The van der Waals surface area contributed by atoms with E-state index in [4.69, 9.17) is 0 Å². The predicted octanol–water partition coefficient (Wildman–Crippen LogP) is 2.98. The number of rotatable bonds is 5. The summed E-state index contributed by atoms with van der Waals surface area (Å²) < 4.78 is 0. The second kappa shape index (κ2) is 6.19. The summed E-state index contributed by atoms with van der Waals surface area (Å²) in [5.41, 5.74) is 0. The molecular formula is C8H18B. The van der Waals surface area contributed by atoms with Gasteiger partial charge in [-0.3, -0.25) is 0 Å². The van der Waals surface area contributed by atoms with E-state index in [-0.39, 0.29) is 0 Å². The average molecular weight is 125 g/mol. The molecule has 1 radical (unpaired) electrons. The average Bonchev–Trinajstić information content (AvgIpc) is 1.88. The van der Waals surface area contributed by atoms with Crippen LogP contribution in [-0.4, -0.2) is 7.28 Å². The van der Waals surface area contributed by atoms with E-state index in [0.29, 0.717) is 0 Å². The van der Waals surface area contributed by atoms with Crippen molar-refractivity contribution < 1.29 is 0 Å². The van der Waals surface area contributed by atoms with Crippen molar-refractivity contribution in [3.05, 3.63) is 0 Å². The van der Waals surface area contributed by atoms with Crippen LogP contribution >= 0.6 is 0 Å². The number of hydrogen-bond acceptors (Lipinski definition) is 0. The maximum absolute atomic E-state index is 2.28. The fraction of sp³-hybridized carbons (Fsp3) is 1.00. The molecule has 0 aromatic heterocycles. The second-order valence-corrected chi connectivity index (χ2v) is 2.71. The molecule has 0 bridgehead atoms. The van der Waals surface area contributed by atoms with Crippen molar-refractivity contribution >= 4 is 7.28 Å². The monoisotopic (exact) mass is 125 g/mol. The van der Waals surface area contributed by atoms with Gasteiger partial charge >= 0.3 is 0 Å². The van der Waals surface area contributed by atoms with Crippen LogP contribution in [0.5, 0.6) is 0 Å². The van der Waals surface area contributed by atoms with Gasteiger partial charge in [-0.05, 0) is 5.92 Å². The molecule has 0 saturated carbocycles. The lowest BCUT2D eigenvalue weighted by atomic mass is 9.70. The van der Waals surface area contributed by atoms with Gasteiger partial charge in [0.2, 0.25) is 0 Å². The van der Waals surface area contributed by atoms with E-state index >= 15 is 0 Å². The first-order chi connectivity index (χ1) is 4.35. The molecule has 0 heterocycles. The zero-order valence-corrected chi connectivity index (χ0v) is 6.98. The SMILES string of the molecule is C[B]CC(CC)CCC. The molecule has 0 rings (SSSR count). The predicted molar refractivity (Wildman–Crippen MR) is 45.1 cm³/mol. The van der Waals surface area contributed by atoms with Crippen molar-refractivity contribution in [3.63, 3.8) is 0 Å². The summed E-state index contributed by atoms with van der Waals surface area (Å²) in [4.78, 5) is 0. The van der Waals surface area contributed by atoms with E-state index in [9.17, 15) is 0 Å². The van der Waals surface area contributed by atoms with Crippen LogP contribution < -0.4 is 0 Å². The molecule has 0 amide bonds. The minimum Gasteiger partial charge on any atom is -0.0920 e. The van der Waals surface area contributed by atoms with Crippen molar-refractivity contribution in [2.24, 2.45) is 5.92 Å². The zero-order valence-electron chi connectivity index (χ0n) is 6.98. The van der Waals surface area contributed by atoms with Crippen LogP contribution in [0.3, 0.4) is 0 Å². The molecule has 0 saturated heterocycles. The highest BCUT2D eigenvalue weighted by Gasteiger charge is 2.01. The third kappa shape index (κ3) is 4.56. The largest absolute Gasteiger partial charge is 0.106 e. The van der Waals surface area contributed by atoms with Crippen LogP contribution in [-0.2, 0) is 0 Å². The standard InChI is InChI=1S/C8H18B/c1-4-6-8(5-2)7-9-3/h8H,4-7H2,1-3H3. The molecule has 0 nitrogen and oxygen atoms in total. The third-order valence-corrected chi connectivity index (χ3v) is 1.84. The summed E-state index contributed by atoms with van der Waals surface area (Å²) in [6.45, 7) is 6.69. The molecule has 53 valence electrons. The summed E-state index contributed by atoms with van der Waals surface area (Å²) in [5.74, 6) is 0.958. The van der Waals surface area contributed by atoms with Gasteiger partial charge in [-0.25, -0.2) is 0 Å². The van der Waals surface area contributed by atoms with Crippen molar-refractivity contribution in [2.45, 2.75) is 46.3 Å². The molecule has 0 fully saturated rings. The summed E-state index contributed by atoms with van der Waals surface area (Å²) in [5, 5.41) is 0. The molecule has 1 unspecified atom stereocenters. The molecule has 0 aliphatic rings. The maximum atomic E-state index is 2.28. The lowest BCUT2D eigenvalue weighted by molar-refractivity contribution is 0.507. The topological polar surface area (TPSA) is 0 Å². The summed E-state index contributed by atoms with van der Waals surface area (Å²) in [7, 11) is 2.28. The van der Waals surface area contributed by atoms with Gasteiger partial charge in [0, 0.05) is 0 Å². The molecule has 0 aromatic rings. The Balaban J connectivity index is 3.18. The molecule has 0 N–H and O–H groups in total. The molecule has 1 heteroatoms. The maximum Gasteiger partial charge on any atom is 0.106 e. The van der Waals surface area contributed by atoms with Gasteiger partial charge in [-0.15, -0.1) is 0 Å². The third-order valence-electron chi connectivity index (χ3n) is 1.84. The highest BCUT2D eigenvalue weighted by atomic mass is 14.0. The molecule has 0 aliphatic carbocycles.